The van der Waals surface area contributed by atoms with Crippen molar-refractivity contribution in [2.75, 3.05) is 6.26 Å². The largest absolute Gasteiger partial charge is 0.130 e. The molecule has 0 fully saturated rings. The molecule has 0 heterocycles. The maximum Gasteiger partial charge on any atom is 0.00695 e. The second-order valence-electron chi connectivity index (χ2n) is 2.07. The molecule has 1 aromatic rings. The fraction of sp³-hybridized carbons (Fsp3) is 0.111. The molecule has 0 amide bonds. The summed E-state index contributed by atoms with van der Waals surface area (Å²) in [4.78, 5) is 3.16. The van der Waals surface area contributed by atoms with Crippen LogP contribution in [-0.4, -0.2) is 6.26 Å². The molecule has 0 saturated heterocycles. The molecule has 1 aromatic carbocycles. The van der Waals surface area contributed by atoms with Crippen LogP contribution < -0.4 is 0 Å². The Kier molecular flexibility index (Phi) is 3.73. The third kappa shape index (κ3) is 2.72. The zero-order valence-corrected chi connectivity index (χ0v) is 8.65. The van der Waals surface area contributed by atoms with Gasteiger partial charge in [-0.15, -0.1) is 11.8 Å². The van der Waals surface area contributed by atoms with Crippen LogP contribution in [0, 0.1) is 0 Å². The quantitative estimate of drug-likeness (QED) is 0.695. The first-order chi connectivity index (χ1) is 5.36. The fourth-order valence-electron chi connectivity index (χ4n) is 0.788. The molecule has 0 radical (unpaired) electrons. The summed E-state index contributed by atoms with van der Waals surface area (Å²) in [5, 5.41) is 0. The lowest BCUT2D eigenvalue weighted by molar-refractivity contribution is 1.45. The van der Waals surface area contributed by atoms with Crippen LogP contribution in [0.2, 0.25) is 0 Å². The van der Waals surface area contributed by atoms with Crippen molar-refractivity contribution < 1.29 is 0 Å². The van der Waals surface area contributed by atoms with E-state index in [4.69, 9.17) is 0 Å². The van der Waals surface area contributed by atoms with E-state index in [9.17, 15) is 0 Å². The second kappa shape index (κ2) is 4.62. The van der Waals surface area contributed by atoms with E-state index in [1.165, 1.54) is 10.5 Å². The Morgan fingerprint density at radius 1 is 1.27 bits per heavy atom. The Bertz CT molecular complexity index is 238. The van der Waals surface area contributed by atoms with Gasteiger partial charge in [0.1, 0.15) is 0 Å². The molecule has 0 nitrogen and oxygen atoms in total. The standard InChI is InChI=1S/C9H9BrS/c1-11-9-4-2-8(3-5-9)6-7-10/h2-7H,1H3. The third-order valence-electron chi connectivity index (χ3n) is 1.37. The highest BCUT2D eigenvalue weighted by molar-refractivity contribution is 9.11. The molecule has 0 spiro atoms. The molecular weight excluding hydrogens is 220 g/mol. The van der Waals surface area contributed by atoms with Gasteiger partial charge in [-0.2, -0.15) is 0 Å². The molecule has 0 aliphatic carbocycles. The van der Waals surface area contributed by atoms with Gasteiger partial charge in [0.15, 0.2) is 0 Å². The maximum absolute atomic E-state index is 3.24. The number of halogens is 1. The molecule has 0 N–H and O–H groups in total. The summed E-state index contributed by atoms with van der Waals surface area (Å²) in [5.74, 6) is 0. The summed E-state index contributed by atoms with van der Waals surface area (Å²) >= 11 is 5.00. The van der Waals surface area contributed by atoms with E-state index in [1.807, 2.05) is 11.1 Å². The zero-order valence-electron chi connectivity index (χ0n) is 6.25. The number of thioether (sulfide) groups is 1. The van der Waals surface area contributed by atoms with Gasteiger partial charge in [0, 0.05) is 4.90 Å². The average molecular weight is 229 g/mol. The van der Waals surface area contributed by atoms with Crippen molar-refractivity contribution in [2.24, 2.45) is 0 Å². The van der Waals surface area contributed by atoms with Crippen LogP contribution in [0.3, 0.4) is 0 Å². The van der Waals surface area contributed by atoms with E-state index in [0.29, 0.717) is 0 Å². The third-order valence-corrected chi connectivity index (χ3v) is 2.38. The summed E-state index contributed by atoms with van der Waals surface area (Å²) in [6.45, 7) is 0. The molecular formula is C9H9BrS. The SMILES string of the molecule is CSc1ccc(C=CBr)cc1. The minimum Gasteiger partial charge on any atom is -0.130 e. The van der Waals surface area contributed by atoms with Crippen molar-refractivity contribution >= 4 is 33.8 Å². The van der Waals surface area contributed by atoms with Crippen molar-refractivity contribution in [3.63, 3.8) is 0 Å². The van der Waals surface area contributed by atoms with Gasteiger partial charge in [0.2, 0.25) is 0 Å². The molecule has 0 aliphatic heterocycles. The highest BCUT2D eigenvalue weighted by atomic mass is 79.9. The maximum atomic E-state index is 3.24. The highest BCUT2D eigenvalue weighted by Crippen LogP contribution is 2.15. The van der Waals surface area contributed by atoms with Crippen molar-refractivity contribution in [3.8, 4) is 0 Å². The lowest BCUT2D eigenvalue weighted by atomic mass is 10.2. The van der Waals surface area contributed by atoms with Gasteiger partial charge in [0.05, 0.1) is 0 Å². The van der Waals surface area contributed by atoms with E-state index in [2.05, 4.69) is 46.5 Å². The van der Waals surface area contributed by atoms with E-state index in [0.717, 1.165) is 0 Å². The number of benzene rings is 1. The molecule has 11 heavy (non-hydrogen) atoms. The summed E-state index contributed by atoms with van der Waals surface area (Å²) in [7, 11) is 0. The predicted octanol–water partition coefficient (Wildman–Crippen LogP) is 3.77. The Morgan fingerprint density at radius 2 is 1.91 bits per heavy atom. The van der Waals surface area contributed by atoms with Crippen molar-refractivity contribution in [3.05, 3.63) is 34.8 Å². The van der Waals surface area contributed by atoms with Crippen LogP contribution in [0.4, 0.5) is 0 Å². The molecule has 58 valence electrons. The average Bonchev–Trinajstić information content (AvgIpc) is 2.07. The van der Waals surface area contributed by atoms with Crippen LogP contribution in [0.25, 0.3) is 6.08 Å². The number of rotatable bonds is 2. The van der Waals surface area contributed by atoms with Gasteiger partial charge in [-0.1, -0.05) is 28.1 Å². The van der Waals surface area contributed by atoms with Crippen LogP contribution >= 0.6 is 27.7 Å². The zero-order chi connectivity index (χ0) is 8.10. The van der Waals surface area contributed by atoms with E-state index >= 15 is 0 Å². The predicted molar refractivity (Wildman–Crippen MR) is 56.2 cm³/mol. The second-order valence-corrected chi connectivity index (χ2v) is 3.47. The molecule has 1 rings (SSSR count). The van der Waals surface area contributed by atoms with Crippen molar-refractivity contribution in [1.82, 2.24) is 0 Å². The van der Waals surface area contributed by atoms with Gasteiger partial charge in [-0.3, -0.25) is 0 Å². The molecule has 0 bridgehead atoms. The van der Waals surface area contributed by atoms with Gasteiger partial charge < -0.3 is 0 Å². The minimum atomic E-state index is 1.22. The highest BCUT2D eigenvalue weighted by Gasteiger charge is 1.87. The summed E-state index contributed by atoms with van der Waals surface area (Å²) in [6, 6.07) is 8.44. The molecule has 0 saturated carbocycles. The van der Waals surface area contributed by atoms with Gasteiger partial charge in [-0.25, -0.2) is 0 Å². The smallest absolute Gasteiger partial charge is 0.00695 e. The topological polar surface area (TPSA) is 0 Å². The molecule has 0 unspecified atom stereocenters. The normalized spacial score (nSPS) is 10.7. The first-order valence-corrected chi connectivity index (χ1v) is 5.41. The summed E-state index contributed by atoms with van der Waals surface area (Å²) in [6.07, 6.45) is 4.10. The Balaban J connectivity index is 2.82. The van der Waals surface area contributed by atoms with Crippen LogP contribution in [-0.2, 0) is 0 Å². The van der Waals surface area contributed by atoms with E-state index < -0.39 is 0 Å². The van der Waals surface area contributed by atoms with Crippen LogP contribution in [0.1, 0.15) is 5.56 Å². The molecule has 0 aliphatic rings. The van der Waals surface area contributed by atoms with E-state index in [1.54, 1.807) is 11.8 Å². The first kappa shape index (κ1) is 8.88. The lowest BCUT2D eigenvalue weighted by Gasteiger charge is -1.95. The Labute approximate surface area is 79.8 Å². The van der Waals surface area contributed by atoms with Gasteiger partial charge in [0.25, 0.3) is 0 Å². The Hall–Kier alpha value is -0.210. The number of hydrogen-bond donors (Lipinski definition) is 0. The van der Waals surface area contributed by atoms with Gasteiger partial charge in [-0.05, 0) is 35.0 Å². The lowest BCUT2D eigenvalue weighted by Crippen LogP contribution is -1.71. The molecule has 0 atom stereocenters. The summed E-state index contributed by atoms with van der Waals surface area (Å²) < 4.78 is 0. The van der Waals surface area contributed by atoms with Gasteiger partial charge >= 0.3 is 0 Å². The number of hydrogen-bond acceptors (Lipinski definition) is 1. The first-order valence-electron chi connectivity index (χ1n) is 3.27. The van der Waals surface area contributed by atoms with Crippen molar-refractivity contribution in [1.29, 1.82) is 0 Å². The minimum absolute atomic E-state index is 1.22. The molecule has 2 heteroatoms. The van der Waals surface area contributed by atoms with E-state index in [-0.39, 0.29) is 0 Å². The molecule has 0 aromatic heterocycles. The van der Waals surface area contributed by atoms with Crippen LogP contribution in [0.15, 0.2) is 34.1 Å². The fourth-order valence-corrected chi connectivity index (χ4v) is 1.50. The van der Waals surface area contributed by atoms with Crippen molar-refractivity contribution in [2.45, 2.75) is 4.90 Å². The Morgan fingerprint density at radius 3 is 2.36 bits per heavy atom. The monoisotopic (exact) mass is 228 g/mol. The van der Waals surface area contributed by atoms with Crippen LogP contribution in [0.5, 0.6) is 0 Å². The summed E-state index contributed by atoms with van der Waals surface area (Å²) in [5.41, 5.74) is 1.22.